The van der Waals surface area contributed by atoms with E-state index in [2.05, 4.69) is 40.9 Å². The SMILES string of the molecule is CCc1nn(C)c(CC)c1CNC1CCN(C2CCCCC2O)CC1. The highest BCUT2D eigenvalue weighted by Gasteiger charge is 2.31. The highest BCUT2D eigenvalue weighted by molar-refractivity contribution is 5.26. The first kappa shape index (κ1) is 18.9. The van der Waals surface area contributed by atoms with Crippen LogP contribution in [0.5, 0.6) is 0 Å². The van der Waals surface area contributed by atoms with Gasteiger partial charge in [-0.05, 0) is 38.5 Å². The summed E-state index contributed by atoms with van der Waals surface area (Å²) in [6.07, 6.45) is 8.95. The van der Waals surface area contributed by atoms with Crippen molar-refractivity contribution in [3.8, 4) is 0 Å². The fourth-order valence-corrected chi connectivity index (χ4v) is 4.79. The zero-order valence-corrected chi connectivity index (χ0v) is 16.3. The number of nitrogens with zero attached hydrogens (tertiary/aromatic N) is 3. The molecule has 2 aliphatic rings. The Hall–Kier alpha value is -0.910. The number of aliphatic hydroxyl groups is 1. The molecule has 1 saturated carbocycles. The van der Waals surface area contributed by atoms with Gasteiger partial charge in [0.15, 0.2) is 0 Å². The summed E-state index contributed by atoms with van der Waals surface area (Å²) >= 11 is 0. The van der Waals surface area contributed by atoms with Crippen LogP contribution in [0.4, 0.5) is 0 Å². The smallest absolute Gasteiger partial charge is 0.0695 e. The first-order valence-corrected chi connectivity index (χ1v) is 10.3. The molecule has 25 heavy (non-hydrogen) atoms. The molecule has 2 fully saturated rings. The average molecular weight is 349 g/mol. The van der Waals surface area contributed by atoms with Crippen LogP contribution in [-0.4, -0.2) is 51.1 Å². The number of nitrogens with one attached hydrogen (secondary N) is 1. The fourth-order valence-electron chi connectivity index (χ4n) is 4.79. The summed E-state index contributed by atoms with van der Waals surface area (Å²) in [7, 11) is 2.06. The van der Waals surface area contributed by atoms with Crippen LogP contribution in [0.25, 0.3) is 0 Å². The molecule has 2 atom stereocenters. The molecule has 0 spiro atoms. The Morgan fingerprint density at radius 2 is 1.80 bits per heavy atom. The Balaban J connectivity index is 1.51. The van der Waals surface area contributed by atoms with Crippen LogP contribution in [0.1, 0.15) is 69.3 Å². The normalized spacial score (nSPS) is 26.2. The van der Waals surface area contributed by atoms with E-state index in [0.717, 1.165) is 38.9 Å². The molecular weight excluding hydrogens is 312 g/mol. The third-order valence-electron chi connectivity index (χ3n) is 6.29. The van der Waals surface area contributed by atoms with Crippen LogP contribution in [-0.2, 0) is 26.4 Å². The van der Waals surface area contributed by atoms with Crippen molar-refractivity contribution in [1.29, 1.82) is 0 Å². The van der Waals surface area contributed by atoms with Gasteiger partial charge in [0.25, 0.3) is 0 Å². The Bertz CT molecular complexity index is 548. The zero-order chi connectivity index (χ0) is 17.8. The van der Waals surface area contributed by atoms with Crippen LogP contribution in [0.2, 0.25) is 0 Å². The van der Waals surface area contributed by atoms with Crippen molar-refractivity contribution in [1.82, 2.24) is 20.0 Å². The lowest BCUT2D eigenvalue weighted by molar-refractivity contribution is 0.00713. The number of rotatable bonds is 6. The molecule has 1 aromatic heterocycles. The first-order valence-electron chi connectivity index (χ1n) is 10.3. The summed E-state index contributed by atoms with van der Waals surface area (Å²) in [6.45, 7) is 7.59. The minimum atomic E-state index is -0.104. The van der Waals surface area contributed by atoms with Crippen molar-refractivity contribution in [2.45, 2.75) is 89.9 Å². The van der Waals surface area contributed by atoms with Crippen LogP contribution in [0, 0.1) is 0 Å². The molecule has 1 aliphatic carbocycles. The maximum atomic E-state index is 10.3. The van der Waals surface area contributed by atoms with E-state index in [9.17, 15) is 5.11 Å². The van der Waals surface area contributed by atoms with Gasteiger partial charge in [-0.15, -0.1) is 0 Å². The van der Waals surface area contributed by atoms with Gasteiger partial charge in [0, 0.05) is 50.0 Å². The Morgan fingerprint density at radius 1 is 1.08 bits per heavy atom. The van der Waals surface area contributed by atoms with Crippen LogP contribution in [0.15, 0.2) is 0 Å². The summed E-state index contributed by atoms with van der Waals surface area (Å²) in [6, 6.07) is 0.998. The maximum Gasteiger partial charge on any atom is 0.0695 e. The number of aryl methyl sites for hydroxylation is 2. The lowest BCUT2D eigenvalue weighted by Crippen LogP contribution is -2.51. The van der Waals surface area contributed by atoms with Gasteiger partial charge in [0.2, 0.25) is 0 Å². The van der Waals surface area contributed by atoms with E-state index < -0.39 is 0 Å². The molecule has 1 aromatic rings. The molecule has 3 rings (SSSR count). The number of hydrogen-bond acceptors (Lipinski definition) is 4. The van der Waals surface area contributed by atoms with Crippen molar-refractivity contribution in [2.24, 2.45) is 7.05 Å². The molecule has 0 amide bonds. The molecule has 0 bridgehead atoms. The molecule has 2 heterocycles. The number of piperidine rings is 1. The van der Waals surface area contributed by atoms with Gasteiger partial charge in [-0.25, -0.2) is 0 Å². The molecule has 1 aliphatic heterocycles. The highest BCUT2D eigenvalue weighted by atomic mass is 16.3. The second kappa shape index (κ2) is 8.65. The lowest BCUT2D eigenvalue weighted by Gasteiger charge is -2.41. The second-order valence-corrected chi connectivity index (χ2v) is 7.81. The quantitative estimate of drug-likeness (QED) is 0.829. The molecule has 0 radical (unpaired) electrons. The molecule has 2 unspecified atom stereocenters. The molecule has 142 valence electrons. The van der Waals surface area contributed by atoms with Gasteiger partial charge in [-0.1, -0.05) is 26.7 Å². The van der Waals surface area contributed by atoms with E-state index in [1.54, 1.807) is 0 Å². The summed E-state index contributed by atoms with van der Waals surface area (Å²) in [5.41, 5.74) is 4.03. The van der Waals surface area contributed by atoms with Crippen molar-refractivity contribution in [3.63, 3.8) is 0 Å². The van der Waals surface area contributed by atoms with Crippen molar-refractivity contribution >= 4 is 0 Å². The van der Waals surface area contributed by atoms with Gasteiger partial charge in [0.1, 0.15) is 0 Å². The lowest BCUT2D eigenvalue weighted by atomic mass is 9.89. The molecule has 1 saturated heterocycles. The van der Waals surface area contributed by atoms with E-state index in [0.29, 0.717) is 12.1 Å². The number of aromatic nitrogens is 2. The topological polar surface area (TPSA) is 53.3 Å². The number of likely N-dealkylation sites (tertiary alicyclic amines) is 1. The van der Waals surface area contributed by atoms with Crippen molar-refractivity contribution < 1.29 is 5.11 Å². The Morgan fingerprint density at radius 3 is 2.44 bits per heavy atom. The van der Waals surface area contributed by atoms with Crippen LogP contribution >= 0.6 is 0 Å². The maximum absolute atomic E-state index is 10.3. The average Bonchev–Trinajstić information content (AvgIpc) is 2.95. The van der Waals surface area contributed by atoms with Gasteiger partial charge >= 0.3 is 0 Å². The van der Waals surface area contributed by atoms with Crippen molar-refractivity contribution in [2.75, 3.05) is 13.1 Å². The van der Waals surface area contributed by atoms with E-state index in [-0.39, 0.29) is 6.10 Å². The largest absolute Gasteiger partial charge is 0.391 e. The van der Waals surface area contributed by atoms with E-state index in [1.807, 2.05) is 0 Å². The van der Waals surface area contributed by atoms with Gasteiger partial charge < -0.3 is 10.4 Å². The van der Waals surface area contributed by atoms with Crippen LogP contribution < -0.4 is 5.32 Å². The molecule has 5 heteroatoms. The van der Waals surface area contributed by atoms with Gasteiger partial charge in [0.05, 0.1) is 11.8 Å². The van der Waals surface area contributed by atoms with Crippen molar-refractivity contribution in [3.05, 3.63) is 17.0 Å². The molecule has 2 N–H and O–H groups in total. The zero-order valence-electron chi connectivity index (χ0n) is 16.3. The summed E-state index contributed by atoms with van der Waals surface area (Å²) in [4.78, 5) is 2.54. The molecule has 5 nitrogen and oxygen atoms in total. The van der Waals surface area contributed by atoms with Crippen LogP contribution in [0.3, 0.4) is 0 Å². The highest BCUT2D eigenvalue weighted by Crippen LogP contribution is 2.26. The first-order chi connectivity index (χ1) is 12.1. The Labute approximate surface area is 152 Å². The van der Waals surface area contributed by atoms with E-state index in [4.69, 9.17) is 0 Å². The monoisotopic (exact) mass is 348 g/mol. The summed E-state index contributed by atoms with van der Waals surface area (Å²) in [5, 5.41) is 18.8. The minimum absolute atomic E-state index is 0.104. The second-order valence-electron chi connectivity index (χ2n) is 7.81. The van der Waals surface area contributed by atoms with Gasteiger partial charge in [-0.2, -0.15) is 5.10 Å². The van der Waals surface area contributed by atoms with E-state index >= 15 is 0 Å². The third-order valence-corrected chi connectivity index (χ3v) is 6.29. The third kappa shape index (κ3) is 4.26. The predicted molar refractivity (Wildman–Crippen MR) is 102 cm³/mol. The number of aliphatic hydroxyl groups excluding tert-OH is 1. The summed E-state index contributed by atoms with van der Waals surface area (Å²) < 4.78 is 2.06. The number of hydrogen-bond donors (Lipinski definition) is 2. The van der Waals surface area contributed by atoms with Gasteiger partial charge in [-0.3, -0.25) is 9.58 Å². The predicted octanol–water partition coefficient (Wildman–Crippen LogP) is 2.40. The summed E-state index contributed by atoms with van der Waals surface area (Å²) in [5.74, 6) is 0. The minimum Gasteiger partial charge on any atom is -0.391 e. The Kier molecular flexibility index (Phi) is 6.53. The molecule has 0 aromatic carbocycles. The fraction of sp³-hybridized carbons (Fsp3) is 0.850. The van der Waals surface area contributed by atoms with E-state index in [1.165, 1.54) is 49.1 Å². The standard InChI is InChI=1S/C20H36N4O/c1-4-17-16(18(5-2)23(3)22-17)14-21-15-10-12-24(13-11-15)19-8-6-7-9-20(19)25/h15,19-21,25H,4-14H2,1-3H3. The molecular formula is C20H36N4O.